The monoisotopic (exact) mass is 301 g/mol. The van der Waals surface area contributed by atoms with E-state index in [0.717, 1.165) is 0 Å². The zero-order valence-electron chi connectivity index (χ0n) is 11.0. The fraction of sp³-hybridized carbons (Fsp3) is 0.417. The molecule has 1 unspecified atom stereocenters. The molecule has 8 heteroatoms. The van der Waals surface area contributed by atoms with Gasteiger partial charge in [-0.05, 0) is 32.0 Å². The molecule has 1 amide bonds. The van der Waals surface area contributed by atoms with Crippen LogP contribution in [0.4, 0.5) is 5.69 Å². The number of ether oxygens (including phenoxy) is 1. The Morgan fingerprint density at radius 2 is 2.30 bits per heavy atom. The lowest BCUT2D eigenvalue weighted by Gasteiger charge is -2.14. The molecular formula is C12H16ClN3O4. The molecule has 0 aromatic heterocycles. The van der Waals surface area contributed by atoms with Gasteiger partial charge >= 0.3 is 5.69 Å². The van der Waals surface area contributed by atoms with Crippen molar-refractivity contribution < 1.29 is 14.5 Å². The summed E-state index contributed by atoms with van der Waals surface area (Å²) in [7, 11) is 0. The summed E-state index contributed by atoms with van der Waals surface area (Å²) in [5, 5.41) is 13.7. The van der Waals surface area contributed by atoms with Crippen molar-refractivity contribution in [2.75, 3.05) is 13.1 Å². The van der Waals surface area contributed by atoms with E-state index in [0.29, 0.717) is 19.5 Å². The highest BCUT2D eigenvalue weighted by Crippen LogP contribution is 2.30. The summed E-state index contributed by atoms with van der Waals surface area (Å²) in [4.78, 5) is 22.0. The van der Waals surface area contributed by atoms with Crippen LogP contribution in [0.15, 0.2) is 18.2 Å². The van der Waals surface area contributed by atoms with Crippen molar-refractivity contribution in [2.45, 2.75) is 19.4 Å². The predicted octanol–water partition coefficient (Wildman–Crippen LogP) is 1.48. The van der Waals surface area contributed by atoms with Crippen LogP contribution in [0.3, 0.4) is 0 Å². The lowest BCUT2D eigenvalue weighted by atomic mass is 10.3. The van der Waals surface area contributed by atoms with Crippen molar-refractivity contribution in [1.29, 1.82) is 0 Å². The summed E-state index contributed by atoms with van der Waals surface area (Å²) in [6, 6.07) is 4.00. The first kappa shape index (κ1) is 16.2. The fourth-order valence-electron chi connectivity index (χ4n) is 1.43. The lowest BCUT2D eigenvalue weighted by Crippen LogP contribution is -2.37. The van der Waals surface area contributed by atoms with Gasteiger partial charge in [-0.3, -0.25) is 14.9 Å². The number of hydrogen-bond acceptors (Lipinski definition) is 5. The Bertz CT molecular complexity index is 496. The van der Waals surface area contributed by atoms with Crippen LogP contribution >= 0.6 is 11.6 Å². The van der Waals surface area contributed by atoms with Gasteiger partial charge in [0.25, 0.3) is 5.91 Å². The summed E-state index contributed by atoms with van der Waals surface area (Å²) in [5.74, 6) is -0.358. The van der Waals surface area contributed by atoms with Crippen LogP contribution in [0.5, 0.6) is 5.75 Å². The maximum atomic E-state index is 11.7. The van der Waals surface area contributed by atoms with Crippen LogP contribution in [0, 0.1) is 10.1 Å². The Morgan fingerprint density at radius 1 is 1.60 bits per heavy atom. The first-order chi connectivity index (χ1) is 9.45. The number of rotatable bonds is 7. The SMILES string of the molecule is CC(Oc1ccc(Cl)cc1[N+](=O)[O-])C(=O)NCCCN. The van der Waals surface area contributed by atoms with E-state index in [1.165, 1.54) is 25.1 Å². The second kappa shape index (κ2) is 7.66. The standard InChI is InChI=1S/C12H16ClN3O4/c1-8(12(17)15-6-2-5-14)20-11-4-3-9(13)7-10(11)16(18)19/h3-4,7-8H,2,5-6,14H2,1H3,(H,15,17). The molecule has 0 bridgehead atoms. The number of hydrogen-bond donors (Lipinski definition) is 2. The molecule has 0 aliphatic rings. The van der Waals surface area contributed by atoms with E-state index in [1.807, 2.05) is 0 Å². The number of amides is 1. The number of carbonyl (C=O) groups is 1. The molecule has 0 spiro atoms. The summed E-state index contributed by atoms with van der Waals surface area (Å²) >= 11 is 5.69. The molecule has 0 radical (unpaired) electrons. The molecule has 0 aliphatic carbocycles. The van der Waals surface area contributed by atoms with Gasteiger partial charge in [0.2, 0.25) is 0 Å². The fourth-order valence-corrected chi connectivity index (χ4v) is 1.60. The molecule has 3 N–H and O–H groups in total. The molecule has 110 valence electrons. The Hall–Kier alpha value is -1.86. The molecule has 1 rings (SSSR count). The maximum absolute atomic E-state index is 11.7. The first-order valence-electron chi connectivity index (χ1n) is 6.04. The topological polar surface area (TPSA) is 107 Å². The van der Waals surface area contributed by atoms with Crippen LogP contribution in [0.1, 0.15) is 13.3 Å². The second-order valence-corrected chi connectivity index (χ2v) is 4.50. The number of halogens is 1. The third-order valence-corrected chi connectivity index (χ3v) is 2.71. The highest BCUT2D eigenvalue weighted by molar-refractivity contribution is 6.30. The molecule has 20 heavy (non-hydrogen) atoms. The highest BCUT2D eigenvalue weighted by atomic mass is 35.5. The predicted molar refractivity (Wildman–Crippen MR) is 74.9 cm³/mol. The quantitative estimate of drug-likeness (QED) is 0.450. The van der Waals surface area contributed by atoms with Gasteiger partial charge in [0, 0.05) is 17.6 Å². The van der Waals surface area contributed by atoms with E-state index in [-0.39, 0.29) is 22.4 Å². The summed E-state index contributed by atoms with van der Waals surface area (Å²) in [6.07, 6.45) is -0.202. The van der Waals surface area contributed by atoms with Crippen LogP contribution in [-0.2, 0) is 4.79 Å². The van der Waals surface area contributed by atoms with Crippen molar-refractivity contribution in [3.63, 3.8) is 0 Å². The average Bonchev–Trinajstić information content (AvgIpc) is 2.40. The van der Waals surface area contributed by atoms with Crippen molar-refractivity contribution >= 4 is 23.2 Å². The van der Waals surface area contributed by atoms with E-state index < -0.39 is 11.0 Å². The Morgan fingerprint density at radius 3 is 2.90 bits per heavy atom. The van der Waals surface area contributed by atoms with Gasteiger partial charge < -0.3 is 15.8 Å². The molecule has 0 aliphatic heterocycles. The Balaban J connectivity index is 2.72. The molecular weight excluding hydrogens is 286 g/mol. The second-order valence-electron chi connectivity index (χ2n) is 4.06. The first-order valence-corrected chi connectivity index (χ1v) is 6.42. The van der Waals surface area contributed by atoms with Crippen molar-refractivity contribution in [3.05, 3.63) is 33.3 Å². The normalized spacial score (nSPS) is 11.8. The van der Waals surface area contributed by atoms with E-state index in [1.54, 1.807) is 0 Å². The number of benzene rings is 1. The van der Waals surface area contributed by atoms with E-state index >= 15 is 0 Å². The number of nitro benzene ring substituents is 1. The molecule has 0 fully saturated rings. The number of nitrogens with zero attached hydrogens (tertiary/aromatic N) is 1. The number of nitrogens with one attached hydrogen (secondary N) is 1. The van der Waals surface area contributed by atoms with Crippen LogP contribution < -0.4 is 15.8 Å². The zero-order valence-corrected chi connectivity index (χ0v) is 11.7. The van der Waals surface area contributed by atoms with Crippen LogP contribution in [0.25, 0.3) is 0 Å². The minimum absolute atomic E-state index is 0.000810. The zero-order chi connectivity index (χ0) is 15.1. The maximum Gasteiger partial charge on any atom is 0.312 e. The highest BCUT2D eigenvalue weighted by Gasteiger charge is 2.21. The average molecular weight is 302 g/mol. The molecule has 0 saturated carbocycles. The minimum Gasteiger partial charge on any atom is -0.474 e. The molecule has 7 nitrogen and oxygen atoms in total. The summed E-state index contributed by atoms with van der Waals surface area (Å²) in [6.45, 7) is 2.42. The van der Waals surface area contributed by atoms with Crippen molar-refractivity contribution in [1.82, 2.24) is 5.32 Å². The third kappa shape index (κ3) is 4.67. The number of carbonyl (C=O) groups excluding carboxylic acids is 1. The van der Waals surface area contributed by atoms with Gasteiger partial charge in [0.1, 0.15) is 0 Å². The largest absolute Gasteiger partial charge is 0.474 e. The molecule has 1 aromatic rings. The van der Waals surface area contributed by atoms with Crippen LogP contribution in [0.2, 0.25) is 5.02 Å². The van der Waals surface area contributed by atoms with Gasteiger partial charge in [-0.15, -0.1) is 0 Å². The van der Waals surface area contributed by atoms with Gasteiger partial charge in [-0.25, -0.2) is 0 Å². The van der Waals surface area contributed by atoms with Gasteiger partial charge in [0.15, 0.2) is 11.9 Å². The van der Waals surface area contributed by atoms with Crippen molar-refractivity contribution in [2.24, 2.45) is 5.73 Å². The smallest absolute Gasteiger partial charge is 0.312 e. The van der Waals surface area contributed by atoms with Gasteiger partial charge in [-0.2, -0.15) is 0 Å². The van der Waals surface area contributed by atoms with Gasteiger partial charge in [-0.1, -0.05) is 11.6 Å². The third-order valence-electron chi connectivity index (χ3n) is 2.47. The molecule has 0 saturated heterocycles. The molecule has 1 aromatic carbocycles. The minimum atomic E-state index is -0.854. The van der Waals surface area contributed by atoms with E-state index in [4.69, 9.17) is 22.1 Å². The van der Waals surface area contributed by atoms with Crippen LogP contribution in [-0.4, -0.2) is 30.0 Å². The summed E-state index contributed by atoms with van der Waals surface area (Å²) in [5.41, 5.74) is 5.03. The van der Waals surface area contributed by atoms with Gasteiger partial charge in [0.05, 0.1) is 4.92 Å². The van der Waals surface area contributed by atoms with E-state index in [2.05, 4.69) is 5.32 Å². The molecule has 0 heterocycles. The van der Waals surface area contributed by atoms with E-state index in [9.17, 15) is 14.9 Å². The number of nitrogens with two attached hydrogens (primary N) is 1. The number of nitro groups is 1. The molecule has 1 atom stereocenters. The Labute approximate surface area is 121 Å². The Kier molecular flexibility index (Phi) is 6.20. The van der Waals surface area contributed by atoms with Crippen molar-refractivity contribution in [3.8, 4) is 5.75 Å². The summed E-state index contributed by atoms with van der Waals surface area (Å²) < 4.78 is 5.31. The lowest BCUT2D eigenvalue weighted by molar-refractivity contribution is -0.386.